The van der Waals surface area contributed by atoms with Gasteiger partial charge in [0.05, 0.1) is 28.4 Å². The number of nitrogens with zero attached hydrogens (tertiary/aromatic N) is 6. The Labute approximate surface area is 199 Å². The SMILES string of the molecule is C/C(=N\O)c1ncc(F)c2c(C(=O)C(=O)N3CCN(/C(=N/N)N(N)c4ccccc4)CC3)c[nH]c12. The maximum Gasteiger partial charge on any atom is 0.295 e. The zero-order valence-corrected chi connectivity index (χ0v) is 18.8. The van der Waals surface area contributed by atoms with E-state index in [-0.39, 0.29) is 41.0 Å². The van der Waals surface area contributed by atoms with Gasteiger partial charge < -0.3 is 25.8 Å². The number of hydrogen-bond donors (Lipinski definition) is 4. The van der Waals surface area contributed by atoms with Gasteiger partial charge in [-0.3, -0.25) is 9.59 Å². The number of halogens is 1. The van der Waals surface area contributed by atoms with Gasteiger partial charge in [-0.05, 0) is 19.1 Å². The number of carbonyl (C=O) groups is 2. The maximum atomic E-state index is 14.6. The van der Waals surface area contributed by atoms with Crippen LogP contribution in [0.25, 0.3) is 10.9 Å². The van der Waals surface area contributed by atoms with Crippen LogP contribution in [0, 0.1) is 5.82 Å². The Morgan fingerprint density at radius 2 is 1.83 bits per heavy atom. The highest BCUT2D eigenvalue weighted by molar-refractivity contribution is 6.45. The summed E-state index contributed by atoms with van der Waals surface area (Å²) < 4.78 is 14.6. The van der Waals surface area contributed by atoms with Gasteiger partial charge in [-0.2, -0.15) is 0 Å². The summed E-state index contributed by atoms with van der Waals surface area (Å²) in [4.78, 5) is 35.9. The number of ketones is 1. The number of hydrazine groups is 1. The number of aromatic nitrogens is 2. The van der Waals surface area contributed by atoms with E-state index in [0.717, 1.165) is 6.20 Å². The van der Waals surface area contributed by atoms with E-state index in [4.69, 9.17) is 16.9 Å². The third-order valence-corrected chi connectivity index (χ3v) is 5.81. The number of aromatic amines is 1. The molecule has 3 heterocycles. The van der Waals surface area contributed by atoms with E-state index in [1.54, 1.807) is 12.1 Å². The van der Waals surface area contributed by atoms with Crippen molar-refractivity contribution in [2.75, 3.05) is 31.2 Å². The molecule has 1 aromatic carbocycles. The Bertz CT molecular complexity index is 1310. The van der Waals surface area contributed by atoms with Gasteiger partial charge in [0.15, 0.2) is 5.82 Å². The number of nitrogens with one attached hydrogen (secondary N) is 1. The minimum atomic E-state index is -0.864. The molecule has 1 amide bonds. The summed E-state index contributed by atoms with van der Waals surface area (Å²) in [6.45, 7) is 2.56. The van der Waals surface area contributed by atoms with E-state index in [9.17, 15) is 14.0 Å². The fraction of sp³-hybridized carbons (Fsp3) is 0.227. The molecular formula is C22H24FN9O3. The van der Waals surface area contributed by atoms with Crippen LogP contribution in [0.2, 0.25) is 0 Å². The van der Waals surface area contributed by atoms with E-state index < -0.39 is 17.5 Å². The summed E-state index contributed by atoms with van der Waals surface area (Å²) in [6.07, 6.45) is 2.17. The molecule has 182 valence electrons. The second kappa shape index (κ2) is 9.77. The number of hydrazone groups is 1. The second-order valence-corrected chi connectivity index (χ2v) is 7.84. The Balaban J connectivity index is 1.49. The lowest BCUT2D eigenvalue weighted by Crippen LogP contribution is -2.57. The predicted octanol–water partition coefficient (Wildman–Crippen LogP) is 0.837. The van der Waals surface area contributed by atoms with E-state index in [2.05, 4.69) is 20.2 Å². The number of H-pyrrole nitrogens is 1. The van der Waals surface area contributed by atoms with Crippen molar-refractivity contribution in [3.05, 3.63) is 59.8 Å². The van der Waals surface area contributed by atoms with Gasteiger partial charge in [0, 0.05) is 32.4 Å². The smallest absolute Gasteiger partial charge is 0.295 e. The molecule has 0 aliphatic carbocycles. The number of benzene rings is 1. The van der Waals surface area contributed by atoms with Crippen molar-refractivity contribution < 1.29 is 19.2 Å². The zero-order chi connectivity index (χ0) is 25.1. The first-order valence-electron chi connectivity index (χ1n) is 10.7. The zero-order valence-electron chi connectivity index (χ0n) is 18.8. The number of para-hydroxylation sites is 1. The van der Waals surface area contributed by atoms with Crippen LogP contribution < -0.4 is 16.7 Å². The van der Waals surface area contributed by atoms with Gasteiger partial charge in [-0.1, -0.05) is 23.4 Å². The Morgan fingerprint density at radius 3 is 2.46 bits per heavy atom. The molecule has 12 nitrogen and oxygen atoms in total. The van der Waals surface area contributed by atoms with Crippen LogP contribution in [0.5, 0.6) is 0 Å². The van der Waals surface area contributed by atoms with Crippen molar-refractivity contribution in [1.82, 2.24) is 19.8 Å². The number of amides is 1. The molecule has 0 spiro atoms. The number of nitrogens with two attached hydrogens (primary N) is 2. The molecule has 1 saturated heterocycles. The monoisotopic (exact) mass is 481 g/mol. The minimum absolute atomic E-state index is 0.0887. The summed E-state index contributed by atoms with van der Waals surface area (Å²) >= 11 is 0. The van der Waals surface area contributed by atoms with Crippen molar-refractivity contribution in [2.45, 2.75) is 6.92 Å². The first-order chi connectivity index (χ1) is 16.9. The summed E-state index contributed by atoms with van der Waals surface area (Å²) in [7, 11) is 0. The number of guanidine groups is 1. The summed E-state index contributed by atoms with van der Waals surface area (Å²) in [6, 6.07) is 9.12. The average Bonchev–Trinajstić information content (AvgIpc) is 3.35. The van der Waals surface area contributed by atoms with Crippen molar-refractivity contribution in [1.29, 1.82) is 0 Å². The molecule has 6 N–H and O–H groups in total. The number of Topliss-reactive ketones (excluding diaryl/α,β-unsaturated/α-hetero) is 1. The van der Waals surface area contributed by atoms with Crippen LogP contribution in [0.4, 0.5) is 10.1 Å². The number of anilines is 1. The van der Waals surface area contributed by atoms with Crippen LogP contribution in [0.15, 0.2) is 53.0 Å². The molecular weight excluding hydrogens is 457 g/mol. The third-order valence-electron chi connectivity index (χ3n) is 5.81. The molecule has 2 aromatic heterocycles. The lowest BCUT2D eigenvalue weighted by Gasteiger charge is -2.38. The van der Waals surface area contributed by atoms with Crippen LogP contribution in [-0.2, 0) is 4.79 Å². The average molecular weight is 481 g/mol. The van der Waals surface area contributed by atoms with E-state index >= 15 is 0 Å². The number of hydrogen-bond acceptors (Lipinski definition) is 8. The highest BCUT2D eigenvalue weighted by Gasteiger charge is 2.31. The van der Waals surface area contributed by atoms with Crippen LogP contribution in [0.3, 0.4) is 0 Å². The fourth-order valence-electron chi connectivity index (χ4n) is 3.98. The molecule has 0 radical (unpaired) electrons. The van der Waals surface area contributed by atoms with Crippen LogP contribution in [-0.4, -0.2) is 74.5 Å². The first-order valence-corrected chi connectivity index (χ1v) is 10.7. The van der Waals surface area contributed by atoms with Crippen molar-refractivity contribution in [2.24, 2.45) is 21.9 Å². The minimum Gasteiger partial charge on any atom is -0.411 e. The van der Waals surface area contributed by atoms with E-state index in [1.807, 2.05) is 23.1 Å². The molecule has 1 fully saturated rings. The fourth-order valence-corrected chi connectivity index (χ4v) is 3.98. The highest BCUT2D eigenvalue weighted by Crippen LogP contribution is 2.25. The lowest BCUT2D eigenvalue weighted by atomic mass is 10.1. The molecule has 35 heavy (non-hydrogen) atoms. The topological polar surface area (TPSA) is 170 Å². The molecule has 0 atom stereocenters. The number of piperazine rings is 1. The summed E-state index contributed by atoms with van der Waals surface area (Å²) in [5.74, 6) is 9.66. The molecule has 1 aliphatic rings. The number of fused-ring (bicyclic) bond motifs is 1. The maximum absolute atomic E-state index is 14.6. The quantitative estimate of drug-likeness (QED) is 0.0808. The second-order valence-electron chi connectivity index (χ2n) is 7.84. The molecule has 0 saturated carbocycles. The van der Waals surface area contributed by atoms with Crippen molar-refractivity contribution >= 4 is 40.0 Å². The standard InChI is InChI=1S/C22H24FN9O3/c1-13(29-35)18-19-17(16(23)12-27-18)15(11-26-19)20(33)21(34)30-7-9-31(10-8-30)22(28-24)32(25)14-5-3-2-4-6-14/h2-6,11-12,26,35H,7-10,24-25H2,1H3/b28-22-,29-13+. The number of carbonyl (C=O) groups excluding carboxylic acids is 2. The number of pyridine rings is 1. The first kappa shape index (κ1) is 23.6. The van der Waals surface area contributed by atoms with E-state index in [1.165, 1.54) is 23.0 Å². The molecule has 0 unspecified atom stereocenters. The van der Waals surface area contributed by atoms with Gasteiger partial charge >= 0.3 is 0 Å². The third kappa shape index (κ3) is 4.36. The van der Waals surface area contributed by atoms with E-state index in [0.29, 0.717) is 24.7 Å². The van der Waals surface area contributed by atoms with Crippen LogP contribution in [0.1, 0.15) is 23.0 Å². The lowest BCUT2D eigenvalue weighted by molar-refractivity contribution is -0.127. The predicted molar refractivity (Wildman–Crippen MR) is 127 cm³/mol. The highest BCUT2D eigenvalue weighted by atomic mass is 19.1. The molecule has 3 aromatic rings. The molecule has 0 bridgehead atoms. The Hall–Kier alpha value is -4.52. The van der Waals surface area contributed by atoms with Gasteiger partial charge in [-0.15, -0.1) is 5.10 Å². The number of oxime groups is 1. The molecule has 4 rings (SSSR count). The number of rotatable bonds is 4. The largest absolute Gasteiger partial charge is 0.411 e. The van der Waals surface area contributed by atoms with Gasteiger partial charge in [0.2, 0.25) is 5.96 Å². The van der Waals surface area contributed by atoms with Gasteiger partial charge in [0.25, 0.3) is 11.7 Å². The Kier molecular flexibility index (Phi) is 6.59. The van der Waals surface area contributed by atoms with Crippen molar-refractivity contribution in [3.8, 4) is 0 Å². The summed E-state index contributed by atoms with van der Waals surface area (Å²) in [5, 5.41) is 17.2. The normalized spacial score (nSPS) is 14.9. The van der Waals surface area contributed by atoms with Crippen LogP contribution >= 0.6 is 0 Å². The van der Waals surface area contributed by atoms with Gasteiger partial charge in [0.1, 0.15) is 11.4 Å². The van der Waals surface area contributed by atoms with Gasteiger partial charge in [-0.25, -0.2) is 20.2 Å². The molecule has 13 heteroatoms. The Morgan fingerprint density at radius 1 is 1.17 bits per heavy atom. The molecule has 1 aliphatic heterocycles. The summed E-state index contributed by atoms with van der Waals surface area (Å²) in [5.41, 5.74) is 1.01. The van der Waals surface area contributed by atoms with Crippen molar-refractivity contribution in [3.63, 3.8) is 0 Å².